The zero-order chi connectivity index (χ0) is 19.4. The highest BCUT2D eigenvalue weighted by Crippen LogP contribution is 2.23. The molecule has 1 aromatic rings. The molecule has 1 atom stereocenters. The maximum absolute atomic E-state index is 12.7. The number of amides is 2. The molecule has 0 spiro atoms. The second-order valence-corrected chi connectivity index (χ2v) is 9.49. The van der Waals surface area contributed by atoms with Gasteiger partial charge in [-0.15, -0.1) is 0 Å². The van der Waals surface area contributed by atoms with Crippen LogP contribution in [0.5, 0.6) is 5.75 Å². The molecule has 0 aliphatic carbocycles. The fraction of sp³-hybridized carbons (Fsp3) is 0.579. The van der Waals surface area contributed by atoms with Gasteiger partial charge in [0, 0.05) is 32.1 Å². The molecule has 2 amide bonds. The number of carbonyl (C=O) groups is 2. The summed E-state index contributed by atoms with van der Waals surface area (Å²) in [6.45, 7) is 1.02. The molecule has 27 heavy (non-hydrogen) atoms. The van der Waals surface area contributed by atoms with Gasteiger partial charge in [0.25, 0.3) is 5.91 Å². The third-order valence-corrected chi connectivity index (χ3v) is 7.16. The molecular formula is C19H26N2O5S. The van der Waals surface area contributed by atoms with E-state index in [1.165, 1.54) is 0 Å². The van der Waals surface area contributed by atoms with E-state index in [2.05, 4.69) is 0 Å². The van der Waals surface area contributed by atoms with Crippen molar-refractivity contribution in [1.29, 1.82) is 0 Å². The van der Waals surface area contributed by atoms with E-state index >= 15 is 0 Å². The van der Waals surface area contributed by atoms with Crippen LogP contribution in [0, 0.1) is 5.92 Å². The summed E-state index contributed by atoms with van der Waals surface area (Å²) in [5.41, 5.74) is 0. The van der Waals surface area contributed by atoms with Crippen LogP contribution < -0.4 is 4.74 Å². The Morgan fingerprint density at radius 2 is 1.81 bits per heavy atom. The normalized spacial score (nSPS) is 22.4. The third kappa shape index (κ3) is 5.00. The molecule has 0 bridgehead atoms. The molecule has 0 N–H and O–H groups in total. The fourth-order valence-corrected chi connectivity index (χ4v) is 5.45. The predicted octanol–water partition coefficient (Wildman–Crippen LogP) is 0.949. The standard InChI is InChI=1S/C19H26N2O5S/c1-20(16-9-12-27(24,25)14-16)19(23)15-7-10-21(11-8-15)18(22)13-26-17-5-3-2-4-6-17/h2-6,15-16H,7-14H2,1H3. The van der Waals surface area contributed by atoms with Crippen molar-refractivity contribution in [3.8, 4) is 5.75 Å². The molecule has 1 unspecified atom stereocenters. The number of ether oxygens (including phenoxy) is 1. The minimum Gasteiger partial charge on any atom is -0.484 e. The van der Waals surface area contributed by atoms with Gasteiger partial charge >= 0.3 is 0 Å². The number of hydrogen-bond acceptors (Lipinski definition) is 5. The molecule has 1 aromatic carbocycles. The van der Waals surface area contributed by atoms with E-state index in [-0.39, 0.29) is 41.9 Å². The number of nitrogens with zero attached hydrogens (tertiary/aromatic N) is 2. The minimum absolute atomic E-state index is 0.00951. The molecule has 2 fully saturated rings. The molecule has 0 aromatic heterocycles. The van der Waals surface area contributed by atoms with Crippen LogP contribution in [0.1, 0.15) is 19.3 Å². The summed E-state index contributed by atoms with van der Waals surface area (Å²) in [6.07, 6.45) is 1.71. The molecule has 2 aliphatic heterocycles. The number of piperidine rings is 1. The Kier molecular flexibility index (Phi) is 6.04. The predicted molar refractivity (Wildman–Crippen MR) is 101 cm³/mol. The van der Waals surface area contributed by atoms with Gasteiger partial charge in [-0.25, -0.2) is 8.42 Å². The van der Waals surface area contributed by atoms with Crippen LogP contribution in [0.2, 0.25) is 0 Å². The van der Waals surface area contributed by atoms with Crippen molar-refractivity contribution in [3.05, 3.63) is 30.3 Å². The first-order valence-electron chi connectivity index (χ1n) is 9.28. The maximum Gasteiger partial charge on any atom is 0.260 e. The zero-order valence-electron chi connectivity index (χ0n) is 15.5. The second kappa shape index (κ2) is 8.29. The van der Waals surface area contributed by atoms with Crippen LogP contribution in [0.3, 0.4) is 0 Å². The Morgan fingerprint density at radius 1 is 1.15 bits per heavy atom. The highest BCUT2D eigenvalue weighted by molar-refractivity contribution is 7.91. The molecule has 2 aliphatic rings. The van der Waals surface area contributed by atoms with Crippen molar-refractivity contribution in [2.75, 3.05) is 38.2 Å². The summed E-state index contributed by atoms with van der Waals surface area (Å²) >= 11 is 0. The van der Waals surface area contributed by atoms with Gasteiger partial charge in [0.1, 0.15) is 5.75 Å². The summed E-state index contributed by atoms with van der Waals surface area (Å²) in [4.78, 5) is 28.3. The van der Waals surface area contributed by atoms with Crippen molar-refractivity contribution in [1.82, 2.24) is 9.80 Å². The van der Waals surface area contributed by atoms with E-state index in [0.29, 0.717) is 38.1 Å². The van der Waals surface area contributed by atoms with E-state index in [1.54, 1.807) is 29.0 Å². The highest BCUT2D eigenvalue weighted by atomic mass is 32.2. The Bertz CT molecular complexity index is 773. The summed E-state index contributed by atoms with van der Waals surface area (Å²) in [6, 6.07) is 8.97. The van der Waals surface area contributed by atoms with Crippen molar-refractivity contribution < 1.29 is 22.7 Å². The first-order chi connectivity index (χ1) is 12.9. The van der Waals surface area contributed by atoms with Crippen molar-refractivity contribution in [2.24, 2.45) is 5.92 Å². The maximum atomic E-state index is 12.7. The van der Waals surface area contributed by atoms with Gasteiger partial charge in [-0.1, -0.05) is 18.2 Å². The van der Waals surface area contributed by atoms with Crippen LogP contribution in [-0.4, -0.2) is 74.3 Å². The van der Waals surface area contributed by atoms with Gasteiger partial charge in [-0.3, -0.25) is 9.59 Å². The van der Waals surface area contributed by atoms with Gasteiger partial charge < -0.3 is 14.5 Å². The summed E-state index contributed by atoms with van der Waals surface area (Å²) in [5, 5.41) is 0. The molecule has 148 valence electrons. The first kappa shape index (κ1) is 19.7. The number of hydrogen-bond donors (Lipinski definition) is 0. The van der Waals surface area contributed by atoms with E-state index in [0.717, 1.165) is 0 Å². The monoisotopic (exact) mass is 394 g/mol. The van der Waals surface area contributed by atoms with E-state index < -0.39 is 9.84 Å². The molecule has 0 saturated carbocycles. The van der Waals surface area contributed by atoms with Gasteiger partial charge in [0.05, 0.1) is 11.5 Å². The Hall–Kier alpha value is -2.09. The van der Waals surface area contributed by atoms with Crippen LogP contribution in [0.25, 0.3) is 0 Å². The number of carbonyl (C=O) groups excluding carboxylic acids is 2. The number of likely N-dealkylation sites (tertiary alicyclic amines) is 1. The molecule has 2 heterocycles. The Labute approximate surface area is 160 Å². The topological polar surface area (TPSA) is 84.0 Å². The molecule has 8 heteroatoms. The smallest absolute Gasteiger partial charge is 0.260 e. The lowest BCUT2D eigenvalue weighted by Crippen LogP contribution is -2.47. The number of para-hydroxylation sites is 1. The van der Waals surface area contributed by atoms with Gasteiger partial charge in [-0.2, -0.15) is 0 Å². The van der Waals surface area contributed by atoms with E-state index in [4.69, 9.17) is 4.74 Å². The molecule has 0 radical (unpaired) electrons. The summed E-state index contributed by atoms with van der Waals surface area (Å²) in [5.74, 6) is 0.624. The summed E-state index contributed by atoms with van der Waals surface area (Å²) < 4.78 is 28.8. The number of sulfone groups is 1. The van der Waals surface area contributed by atoms with Crippen molar-refractivity contribution in [2.45, 2.75) is 25.3 Å². The van der Waals surface area contributed by atoms with Crippen LogP contribution in [-0.2, 0) is 19.4 Å². The van der Waals surface area contributed by atoms with Crippen LogP contribution in [0.4, 0.5) is 0 Å². The van der Waals surface area contributed by atoms with Crippen LogP contribution in [0.15, 0.2) is 30.3 Å². The van der Waals surface area contributed by atoms with Crippen molar-refractivity contribution >= 4 is 21.7 Å². The lowest BCUT2D eigenvalue weighted by atomic mass is 9.94. The average molecular weight is 394 g/mol. The summed E-state index contributed by atoms with van der Waals surface area (Å²) in [7, 11) is -1.32. The van der Waals surface area contributed by atoms with E-state index in [9.17, 15) is 18.0 Å². The van der Waals surface area contributed by atoms with E-state index in [1.807, 2.05) is 18.2 Å². The molecular weight excluding hydrogens is 368 g/mol. The lowest BCUT2D eigenvalue weighted by Gasteiger charge is -2.34. The van der Waals surface area contributed by atoms with Gasteiger partial charge in [-0.05, 0) is 31.4 Å². The molecule has 2 saturated heterocycles. The minimum atomic E-state index is -3.01. The third-order valence-electron chi connectivity index (χ3n) is 5.41. The van der Waals surface area contributed by atoms with Crippen LogP contribution >= 0.6 is 0 Å². The zero-order valence-corrected chi connectivity index (χ0v) is 16.4. The lowest BCUT2D eigenvalue weighted by molar-refractivity contribution is -0.141. The molecule has 7 nitrogen and oxygen atoms in total. The highest BCUT2D eigenvalue weighted by Gasteiger charge is 2.36. The number of rotatable bonds is 5. The molecule has 3 rings (SSSR count). The van der Waals surface area contributed by atoms with Gasteiger partial charge in [0.2, 0.25) is 5.91 Å². The Morgan fingerprint density at radius 3 is 2.41 bits per heavy atom. The number of benzene rings is 1. The quantitative estimate of drug-likeness (QED) is 0.742. The largest absolute Gasteiger partial charge is 0.484 e. The average Bonchev–Trinajstić information content (AvgIpc) is 3.05. The van der Waals surface area contributed by atoms with Crippen molar-refractivity contribution in [3.63, 3.8) is 0 Å². The first-order valence-corrected chi connectivity index (χ1v) is 11.1. The Balaban J connectivity index is 1.45. The van der Waals surface area contributed by atoms with Gasteiger partial charge in [0.15, 0.2) is 16.4 Å². The SMILES string of the molecule is CN(C(=O)C1CCN(C(=O)COc2ccccc2)CC1)C1CCS(=O)(=O)C1. The second-order valence-electron chi connectivity index (χ2n) is 7.26. The fourth-order valence-electron chi connectivity index (χ4n) is 3.68.